The van der Waals surface area contributed by atoms with Gasteiger partial charge in [-0.05, 0) is 60.3 Å². The number of amides is 1. The minimum absolute atomic E-state index is 0.125. The van der Waals surface area contributed by atoms with E-state index in [0.29, 0.717) is 37.3 Å². The zero-order valence-electron chi connectivity index (χ0n) is 16.0. The number of carboxylic acids is 1. The standard InChI is InChI=1S/C22H14Cl2N2O4S/c1-26-20(27)19(31-22(26)25-14-4-2-3-13(9-14)21(28)29)11-15-6-8-18(30-15)12-5-7-16(23)17(24)10-12/h2-11H,1H3,(H,28,29). The molecule has 0 saturated carbocycles. The van der Waals surface area contributed by atoms with Gasteiger partial charge in [0.25, 0.3) is 5.91 Å². The van der Waals surface area contributed by atoms with Crippen LogP contribution in [0.4, 0.5) is 5.69 Å². The number of hydrogen-bond acceptors (Lipinski definition) is 5. The van der Waals surface area contributed by atoms with Crippen LogP contribution in [0.25, 0.3) is 17.4 Å². The van der Waals surface area contributed by atoms with Crippen LogP contribution in [0.2, 0.25) is 10.0 Å². The van der Waals surface area contributed by atoms with Crippen molar-refractivity contribution < 1.29 is 19.1 Å². The van der Waals surface area contributed by atoms with Crippen molar-refractivity contribution in [2.75, 3.05) is 7.05 Å². The number of aromatic carboxylic acids is 1. The number of likely N-dealkylation sites (N-methyl/N-ethyl adjacent to an activating group) is 1. The second kappa shape index (κ2) is 8.63. The quantitative estimate of drug-likeness (QED) is 0.457. The highest BCUT2D eigenvalue weighted by Gasteiger charge is 2.30. The number of rotatable bonds is 4. The first kappa shape index (κ1) is 21.2. The van der Waals surface area contributed by atoms with Crippen LogP contribution in [0, 0.1) is 0 Å². The zero-order valence-corrected chi connectivity index (χ0v) is 18.3. The number of carbonyl (C=O) groups excluding carboxylic acids is 1. The number of carboxylic acid groups (broad SMARTS) is 1. The molecule has 3 aromatic rings. The molecule has 4 rings (SSSR count). The Labute approximate surface area is 191 Å². The molecule has 0 bridgehead atoms. The van der Waals surface area contributed by atoms with E-state index in [2.05, 4.69) is 4.99 Å². The Bertz CT molecular complexity index is 1270. The number of hydrogen-bond donors (Lipinski definition) is 1. The van der Waals surface area contributed by atoms with Crippen LogP contribution in [-0.4, -0.2) is 34.1 Å². The normalized spacial score (nSPS) is 16.5. The van der Waals surface area contributed by atoms with E-state index in [-0.39, 0.29) is 11.5 Å². The number of carbonyl (C=O) groups is 2. The number of aliphatic imine (C=N–C) groups is 1. The molecule has 2 heterocycles. The minimum atomic E-state index is -1.04. The van der Waals surface area contributed by atoms with Gasteiger partial charge < -0.3 is 9.52 Å². The van der Waals surface area contributed by atoms with Crippen molar-refractivity contribution in [3.05, 3.63) is 80.9 Å². The molecule has 31 heavy (non-hydrogen) atoms. The lowest BCUT2D eigenvalue weighted by Gasteiger charge is -2.07. The summed E-state index contributed by atoms with van der Waals surface area (Å²) < 4.78 is 5.84. The Morgan fingerprint density at radius 2 is 1.94 bits per heavy atom. The summed E-state index contributed by atoms with van der Waals surface area (Å²) in [5.41, 5.74) is 1.34. The van der Waals surface area contributed by atoms with E-state index in [1.807, 2.05) is 0 Å². The zero-order chi connectivity index (χ0) is 22.1. The average molecular weight is 473 g/mol. The van der Waals surface area contributed by atoms with Crippen molar-refractivity contribution in [2.24, 2.45) is 4.99 Å². The SMILES string of the molecule is CN1C(=O)C(=Cc2ccc(-c3ccc(Cl)c(Cl)c3)o2)SC1=Nc1cccc(C(=O)O)c1. The molecule has 0 unspecified atom stereocenters. The Kier molecular flexibility index (Phi) is 5.91. The molecule has 1 aliphatic rings. The van der Waals surface area contributed by atoms with Gasteiger partial charge in [0.1, 0.15) is 11.5 Å². The molecule has 1 fully saturated rings. The second-order valence-electron chi connectivity index (χ2n) is 6.56. The predicted molar refractivity (Wildman–Crippen MR) is 123 cm³/mol. The lowest BCUT2D eigenvalue weighted by atomic mass is 10.2. The van der Waals surface area contributed by atoms with Crippen LogP contribution in [-0.2, 0) is 4.79 Å². The van der Waals surface area contributed by atoms with Crippen LogP contribution >= 0.6 is 35.0 Å². The van der Waals surface area contributed by atoms with Gasteiger partial charge in [-0.3, -0.25) is 9.69 Å². The molecule has 0 spiro atoms. The molecule has 0 atom stereocenters. The van der Waals surface area contributed by atoms with Gasteiger partial charge in [-0.25, -0.2) is 9.79 Å². The highest BCUT2D eigenvalue weighted by Crippen LogP contribution is 2.35. The third-order valence-electron chi connectivity index (χ3n) is 4.43. The maximum absolute atomic E-state index is 12.6. The third-order valence-corrected chi connectivity index (χ3v) is 6.22. The summed E-state index contributed by atoms with van der Waals surface area (Å²) in [6.07, 6.45) is 1.64. The van der Waals surface area contributed by atoms with E-state index in [1.165, 1.54) is 28.8 Å². The number of furan rings is 1. The van der Waals surface area contributed by atoms with Gasteiger partial charge in [0.2, 0.25) is 0 Å². The predicted octanol–water partition coefficient (Wildman–Crippen LogP) is 6.19. The number of nitrogens with zero attached hydrogens (tertiary/aromatic N) is 2. The summed E-state index contributed by atoms with van der Waals surface area (Å²) in [7, 11) is 1.61. The number of benzene rings is 2. The maximum Gasteiger partial charge on any atom is 0.335 e. The summed E-state index contributed by atoms with van der Waals surface area (Å²) in [5, 5.41) is 10.4. The van der Waals surface area contributed by atoms with Crippen molar-refractivity contribution in [1.82, 2.24) is 4.90 Å². The fourth-order valence-electron chi connectivity index (χ4n) is 2.83. The van der Waals surface area contributed by atoms with Crippen molar-refractivity contribution >= 4 is 63.8 Å². The van der Waals surface area contributed by atoms with Crippen LogP contribution < -0.4 is 0 Å². The summed E-state index contributed by atoms with van der Waals surface area (Å²) in [6.45, 7) is 0. The molecule has 1 N–H and O–H groups in total. The molecule has 1 saturated heterocycles. The van der Waals surface area contributed by atoms with Gasteiger partial charge in [-0.15, -0.1) is 0 Å². The lowest BCUT2D eigenvalue weighted by Crippen LogP contribution is -2.23. The van der Waals surface area contributed by atoms with E-state index in [0.717, 1.165) is 5.56 Å². The first-order chi connectivity index (χ1) is 14.8. The smallest absolute Gasteiger partial charge is 0.335 e. The third kappa shape index (κ3) is 4.54. The maximum atomic E-state index is 12.6. The van der Waals surface area contributed by atoms with Crippen molar-refractivity contribution in [1.29, 1.82) is 0 Å². The summed E-state index contributed by atoms with van der Waals surface area (Å²) in [6, 6.07) is 14.9. The van der Waals surface area contributed by atoms with E-state index < -0.39 is 5.97 Å². The van der Waals surface area contributed by atoms with Crippen LogP contribution in [0.15, 0.2) is 68.9 Å². The molecular weight excluding hydrogens is 459 g/mol. The van der Waals surface area contributed by atoms with Crippen LogP contribution in [0.5, 0.6) is 0 Å². The molecule has 6 nitrogen and oxygen atoms in total. The van der Waals surface area contributed by atoms with Crippen molar-refractivity contribution in [2.45, 2.75) is 0 Å². The highest BCUT2D eigenvalue weighted by molar-refractivity contribution is 8.18. The topological polar surface area (TPSA) is 83.1 Å². The van der Waals surface area contributed by atoms with E-state index in [4.69, 9.17) is 32.7 Å². The summed E-state index contributed by atoms with van der Waals surface area (Å²) >= 11 is 13.2. The summed E-state index contributed by atoms with van der Waals surface area (Å²) in [5.74, 6) is -0.180. The first-order valence-corrected chi connectivity index (χ1v) is 10.5. The Morgan fingerprint density at radius 3 is 2.68 bits per heavy atom. The summed E-state index contributed by atoms with van der Waals surface area (Å²) in [4.78, 5) is 30.0. The largest absolute Gasteiger partial charge is 0.478 e. The van der Waals surface area contributed by atoms with Gasteiger partial charge in [-0.1, -0.05) is 29.3 Å². The molecular formula is C22H14Cl2N2O4S. The average Bonchev–Trinajstić information content (AvgIpc) is 3.31. The van der Waals surface area contributed by atoms with E-state index >= 15 is 0 Å². The lowest BCUT2D eigenvalue weighted by molar-refractivity contribution is -0.121. The van der Waals surface area contributed by atoms with Gasteiger partial charge in [0.15, 0.2) is 5.17 Å². The Morgan fingerprint density at radius 1 is 1.13 bits per heavy atom. The fraction of sp³-hybridized carbons (Fsp3) is 0.0455. The van der Waals surface area contributed by atoms with E-state index in [9.17, 15) is 9.59 Å². The molecule has 0 radical (unpaired) electrons. The molecule has 0 aliphatic carbocycles. The number of halogens is 2. The monoisotopic (exact) mass is 472 g/mol. The minimum Gasteiger partial charge on any atom is -0.478 e. The second-order valence-corrected chi connectivity index (χ2v) is 8.38. The fourth-order valence-corrected chi connectivity index (χ4v) is 4.10. The molecule has 9 heteroatoms. The van der Waals surface area contributed by atoms with Crippen molar-refractivity contribution in [3.63, 3.8) is 0 Å². The van der Waals surface area contributed by atoms with Crippen molar-refractivity contribution in [3.8, 4) is 11.3 Å². The number of thioether (sulfide) groups is 1. The van der Waals surface area contributed by atoms with Crippen LogP contribution in [0.3, 0.4) is 0 Å². The molecule has 156 valence electrons. The van der Waals surface area contributed by atoms with E-state index in [1.54, 1.807) is 55.6 Å². The van der Waals surface area contributed by atoms with Gasteiger partial charge in [0.05, 0.1) is 26.2 Å². The van der Waals surface area contributed by atoms with Gasteiger partial charge >= 0.3 is 5.97 Å². The van der Waals surface area contributed by atoms with Crippen LogP contribution in [0.1, 0.15) is 16.1 Å². The molecule has 1 aromatic heterocycles. The van der Waals surface area contributed by atoms with Gasteiger partial charge in [0, 0.05) is 18.7 Å². The molecule has 1 amide bonds. The number of amidine groups is 1. The Balaban J connectivity index is 1.59. The van der Waals surface area contributed by atoms with Gasteiger partial charge in [-0.2, -0.15) is 0 Å². The Hall–Kier alpha value is -3.00. The first-order valence-electron chi connectivity index (χ1n) is 8.97. The molecule has 1 aliphatic heterocycles. The molecule has 2 aromatic carbocycles. The highest BCUT2D eigenvalue weighted by atomic mass is 35.5.